The summed E-state index contributed by atoms with van der Waals surface area (Å²) in [4.78, 5) is 37.0. The summed E-state index contributed by atoms with van der Waals surface area (Å²) in [6, 6.07) is -0.168. The molecular weight excluding hydrogens is 238 g/mol. The van der Waals surface area contributed by atoms with Crippen molar-refractivity contribution in [2.24, 2.45) is 11.8 Å². The average molecular weight is 255 g/mol. The molecule has 0 radical (unpaired) electrons. The van der Waals surface area contributed by atoms with E-state index in [1.807, 2.05) is 0 Å². The normalized spacial score (nSPS) is 22.2. The SMILES string of the molecule is CC(C(=O)O)C1CN(C(=O)N2CCNC(=O)C2)C1. The van der Waals surface area contributed by atoms with Crippen molar-refractivity contribution in [3.8, 4) is 0 Å². The molecule has 2 heterocycles. The van der Waals surface area contributed by atoms with Gasteiger partial charge in [0, 0.05) is 32.1 Å². The van der Waals surface area contributed by atoms with Crippen molar-refractivity contribution in [2.45, 2.75) is 6.92 Å². The quantitative estimate of drug-likeness (QED) is 0.675. The van der Waals surface area contributed by atoms with E-state index in [0.717, 1.165) is 0 Å². The summed E-state index contributed by atoms with van der Waals surface area (Å²) in [5, 5.41) is 11.5. The Kier molecular flexibility index (Phi) is 3.40. The number of urea groups is 1. The van der Waals surface area contributed by atoms with Gasteiger partial charge in [0.15, 0.2) is 0 Å². The number of piperazine rings is 1. The fraction of sp³-hybridized carbons (Fsp3) is 0.727. The molecule has 7 heteroatoms. The van der Waals surface area contributed by atoms with Crippen LogP contribution in [0.3, 0.4) is 0 Å². The molecule has 2 N–H and O–H groups in total. The topological polar surface area (TPSA) is 89.9 Å². The van der Waals surface area contributed by atoms with E-state index in [-0.39, 0.29) is 24.4 Å². The van der Waals surface area contributed by atoms with Gasteiger partial charge in [0.2, 0.25) is 5.91 Å². The third-order valence-electron chi connectivity index (χ3n) is 3.59. The second-order valence-corrected chi connectivity index (χ2v) is 4.85. The summed E-state index contributed by atoms with van der Waals surface area (Å²) in [6.07, 6.45) is 0. The van der Waals surface area contributed by atoms with E-state index in [0.29, 0.717) is 26.2 Å². The van der Waals surface area contributed by atoms with Gasteiger partial charge in [-0.2, -0.15) is 0 Å². The molecule has 7 nitrogen and oxygen atoms in total. The van der Waals surface area contributed by atoms with Crippen LogP contribution in [0.15, 0.2) is 0 Å². The molecule has 100 valence electrons. The predicted molar refractivity (Wildman–Crippen MR) is 61.8 cm³/mol. The molecule has 0 spiro atoms. The third-order valence-corrected chi connectivity index (χ3v) is 3.59. The van der Waals surface area contributed by atoms with E-state index in [9.17, 15) is 14.4 Å². The number of carbonyl (C=O) groups excluding carboxylic acids is 2. The van der Waals surface area contributed by atoms with Crippen LogP contribution in [-0.4, -0.2) is 65.5 Å². The van der Waals surface area contributed by atoms with Crippen molar-refractivity contribution in [2.75, 3.05) is 32.7 Å². The first kappa shape index (κ1) is 12.7. The van der Waals surface area contributed by atoms with Gasteiger partial charge < -0.3 is 20.2 Å². The molecule has 18 heavy (non-hydrogen) atoms. The Balaban J connectivity index is 1.82. The smallest absolute Gasteiger partial charge is 0.320 e. The summed E-state index contributed by atoms with van der Waals surface area (Å²) in [5.74, 6) is -1.39. The van der Waals surface area contributed by atoms with Gasteiger partial charge >= 0.3 is 12.0 Å². The molecule has 3 amide bonds. The van der Waals surface area contributed by atoms with Crippen LogP contribution in [0.25, 0.3) is 0 Å². The van der Waals surface area contributed by atoms with Gasteiger partial charge in [-0.05, 0) is 0 Å². The average Bonchev–Trinajstić information content (AvgIpc) is 2.26. The van der Waals surface area contributed by atoms with Gasteiger partial charge in [0.1, 0.15) is 6.54 Å². The first-order valence-corrected chi connectivity index (χ1v) is 6.02. The lowest BCUT2D eigenvalue weighted by Crippen LogP contribution is -2.60. The van der Waals surface area contributed by atoms with Crippen molar-refractivity contribution < 1.29 is 19.5 Å². The minimum atomic E-state index is -0.829. The van der Waals surface area contributed by atoms with Gasteiger partial charge in [0.25, 0.3) is 0 Å². The van der Waals surface area contributed by atoms with Gasteiger partial charge in [-0.3, -0.25) is 9.59 Å². The molecule has 0 saturated carbocycles. The zero-order chi connectivity index (χ0) is 13.3. The maximum atomic E-state index is 12.0. The van der Waals surface area contributed by atoms with E-state index in [1.165, 1.54) is 4.90 Å². The fourth-order valence-electron chi connectivity index (χ4n) is 2.19. The lowest BCUT2D eigenvalue weighted by molar-refractivity contribution is -0.144. The van der Waals surface area contributed by atoms with Crippen LogP contribution in [0.4, 0.5) is 4.79 Å². The molecular formula is C11H17N3O4. The van der Waals surface area contributed by atoms with Crippen molar-refractivity contribution in [3.05, 3.63) is 0 Å². The van der Waals surface area contributed by atoms with Gasteiger partial charge in [-0.15, -0.1) is 0 Å². The number of rotatable bonds is 2. The number of carboxylic acids is 1. The molecule has 2 aliphatic rings. The largest absolute Gasteiger partial charge is 0.481 e. The summed E-state index contributed by atoms with van der Waals surface area (Å²) in [5.41, 5.74) is 0. The Morgan fingerprint density at radius 2 is 2.06 bits per heavy atom. The van der Waals surface area contributed by atoms with E-state index >= 15 is 0 Å². The van der Waals surface area contributed by atoms with Crippen LogP contribution in [0.1, 0.15) is 6.92 Å². The first-order chi connectivity index (χ1) is 8.49. The predicted octanol–water partition coefficient (Wildman–Crippen LogP) is -0.809. The second-order valence-electron chi connectivity index (χ2n) is 4.85. The minimum Gasteiger partial charge on any atom is -0.481 e. The van der Waals surface area contributed by atoms with Crippen LogP contribution < -0.4 is 5.32 Å². The number of carbonyl (C=O) groups is 3. The molecule has 2 rings (SSSR count). The van der Waals surface area contributed by atoms with E-state index in [4.69, 9.17) is 5.11 Å². The highest BCUT2D eigenvalue weighted by Gasteiger charge is 2.39. The number of nitrogens with one attached hydrogen (secondary N) is 1. The zero-order valence-electron chi connectivity index (χ0n) is 10.3. The molecule has 0 aromatic carbocycles. The molecule has 0 aromatic rings. The monoisotopic (exact) mass is 255 g/mol. The van der Waals surface area contributed by atoms with Crippen molar-refractivity contribution in [1.29, 1.82) is 0 Å². The Morgan fingerprint density at radius 3 is 2.61 bits per heavy atom. The maximum absolute atomic E-state index is 12.0. The highest BCUT2D eigenvalue weighted by Crippen LogP contribution is 2.25. The number of nitrogens with zero attached hydrogens (tertiary/aromatic N) is 2. The highest BCUT2D eigenvalue weighted by atomic mass is 16.4. The second kappa shape index (κ2) is 4.83. The summed E-state index contributed by atoms with van der Waals surface area (Å²) in [6.45, 7) is 3.67. The number of amides is 3. The van der Waals surface area contributed by atoms with E-state index < -0.39 is 11.9 Å². The number of hydrogen-bond acceptors (Lipinski definition) is 3. The number of aliphatic carboxylic acids is 1. The Bertz CT molecular complexity index is 378. The summed E-state index contributed by atoms with van der Waals surface area (Å²) >= 11 is 0. The number of likely N-dealkylation sites (tertiary alicyclic amines) is 1. The molecule has 2 saturated heterocycles. The van der Waals surface area contributed by atoms with Crippen LogP contribution >= 0.6 is 0 Å². The third kappa shape index (κ3) is 2.39. The maximum Gasteiger partial charge on any atom is 0.320 e. The first-order valence-electron chi connectivity index (χ1n) is 6.02. The molecule has 1 atom stereocenters. The molecule has 0 bridgehead atoms. The molecule has 2 fully saturated rings. The van der Waals surface area contributed by atoms with Crippen molar-refractivity contribution >= 4 is 17.9 Å². The number of hydrogen-bond donors (Lipinski definition) is 2. The molecule has 1 unspecified atom stereocenters. The van der Waals surface area contributed by atoms with Crippen molar-refractivity contribution in [1.82, 2.24) is 15.1 Å². The lowest BCUT2D eigenvalue weighted by Gasteiger charge is -2.43. The van der Waals surface area contributed by atoms with Gasteiger partial charge in [-0.1, -0.05) is 6.92 Å². The van der Waals surface area contributed by atoms with Gasteiger partial charge in [-0.25, -0.2) is 4.79 Å². The van der Waals surface area contributed by atoms with Crippen LogP contribution in [0.5, 0.6) is 0 Å². The minimum absolute atomic E-state index is 0.0186. The van der Waals surface area contributed by atoms with Crippen LogP contribution in [-0.2, 0) is 9.59 Å². The fourth-order valence-corrected chi connectivity index (χ4v) is 2.19. The van der Waals surface area contributed by atoms with Crippen LogP contribution in [0.2, 0.25) is 0 Å². The van der Waals surface area contributed by atoms with Crippen LogP contribution in [0, 0.1) is 11.8 Å². The highest BCUT2D eigenvalue weighted by molar-refractivity contribution is 5.85. The molecule has 0 aliphatic carbocycles. The Labute approximate surface area is 105 Å². The summed E-state index contributed by atoms with van der Waals surface area (Å²) < 4.78 is 0. The van der Waals surface area contributed by atoms with Gasteiger partial charge in [0.05, 0.1) is 5.92 Å². The summed E-state index contributed by atoms with van der Waals surface area (Å²) in [7, 11) is 0. The van der Waals surface area contributed by atoms with E-state index in [2.05, 4.69) is 5.32 Å². The standard InChI is InChI=1S/C11H17N3O4/c1-7(10(16)17)8-4-14(5-8)11(18)13-3-2-12-9(15)6-13/h7-8H,2-6H2,1H3,(H,12,15)(H,16,17). The van der Waals surface area contributed by atoms with Crippen molar-refractivity contribution in [3.63, 3.8) is 0 Å². The van der Waals surface area contributed by atoms with E-state index in [1.54, 1.807) is 11.8 Å². The molecule has 2 aliphatic heterocycles. The zero-order valence-corrected chi connectivity index (χ0v) is 10.3. The molecule has 0 aromatic heterocycles. The lowest BCUT2D eigenvalue weighted by atomic mass is 9.87. The number of carboxylic acid groups (broad SMARTS) is 1. The Hall–Kier alpha value is -1.79. The Morgan fingerprint density at radius 1 is 1.39 bits per heavy atom.